The van der Waals surface area contributed by atoms with Gasteiger partial charge < -0.3 is 9.84 Å². The minimum absolute atomic E-state index is 0.156. The number of para-hydroxylation sites is 1. The van der Waals surface area contributed by atoms with Crippen LogP contribution in [0.3, 0.4) is 0 Å². The number of aromatic nitrogens is 2. The Morgan fingerprint density at radius 2 is 2.14 bits per heavy atom. The molecular weight excluding hydrogens is 308 g/mol. The van der Waals surface area contributed by atoms with E-state index in [0.29, 0.717) is 23.1 Å². The first-order valence-electron chi connectivity index (χ1n) is 6.60. The van der Waals surface area contributed by atoms with Gasteiger partial charge in [0.25, 0.3) is 5.56 Å². The van der Waals surface area contributed by atoms with Crippen molar-refractivity contribution in [2.75, 3.05) is 6.61 Å². The van der Waals surface area contributed by atoms with E-state index >= 15 is 0 Å². The summed E-state index contributed by atoms with van der Waals surface area (Å²) >= 11 is 6.09. The summed E-state index contributed by atoms with van der Waals surface area (Å²) < 4.78 is 6.55. The Labute approximate surface area is 130 Å². The molecule has 0 aliphatic carbocycles. The van der Waals surface area contributed by atoms with Crippen molar-refractivity contribution in [3.05, 3.63) is 50.2 Å². The van der Waals surface area contributed by atoms with Crippen LogP contribution in [-0.2, 0) is 9.53 Å². The van der Waals surface area contributed by atoms with E-state index in [1.165, 1.54) is 4.68 Å². The maximum atomic E-state index is 12.6. The SMILES string of the molecule is CCOC(C)=c1c(=CC(=O)O)[nH]n(-c2ccccc2Cl)c1=O. The largest absolute Gasteiger partial charge is 0.498 e. The van der Waals surface area contributed by atoms with E-state index in [0.717, 1.165) is 6.08 Å². The summed E-state index contributed by atoms with van der Waals surface area (Å²) in [7, 11) is 0. The Balaban J connectivity index is 2.87. The summed E-state index contributed by atoms with van der Waals surface area (Å²) in [6, 6.07) is 6.77. The zero-order valence-corrected chi connectivity index (χ0v) is 12.8. The number of rotatable bonds is 4. The minimum Gasteiger partial charge on any atom is -0.498 e. The van der Waals surface area contributed by atoms with Crippen molar-refractivity contribution >= 4 is 29.4 Å². The molecule has 2 N–H and O–H groups in total. The van der Waals surface area contributed by atoms with Gasteiger partial charge in [0.05, 0.1) is 22.7 Å². The van der Waals surface area contributed by atoms with Crippen molar-refractivity contribution in [3.63, 3.8) is 0 Å². The lowest BCUT2D eigenvalue weighted by molar-refractivity contribution is -0.129. The van der Waals surface area contributed by atoms with Crippen molar-refractivity contribution in [2.24, 2.45) is 0 Å². The quantitative estimate of drug-likeness (QED) is 0.874. The van der Waals surface area contributed by atoms with Crippen molar-refractivity contribution in [1.29, 1.82) is 0 Å². The van der Waals surface area contributed by atoms with E-state index in [2.05, 4.69) is 5.10 Å². The molecule has 0 aliphatic rings. The molecule has 0 radical (unpaired) electrons. The molecule has 1 aromatic carbocycles. The first-order chi connectivity index (χ1) is 10.5. The fourth-order valence-corrected chi connectivity index (χ4v) is 2.33. The normalized spacial score (nSPS) is 13.1. The lowest BCUT2D eigenvalue weighted by Crippen LogP contribution is -2.37. The van der Waals surface area contributed by atoms with E-state index in [4.69, 9.17) is 21.4 Å². The molecule has 0 aliphatic heterocycles. The van der Waals surface area contributed by atoms with Crippen LogP contribution in [0.1, 0.15) is 13.8 Å². The van der Waals surface area contributed by atoms with Crippen LogP contribution < -0.4 is 16.1 Å². The number of carboxylic acid groups (broad SMARTS) is 1. The number of benzene rings is 1. The molecule has 116 valence electrons. The first kappa shape index (κ1) is 15.9. The van der Waals surface area contributed by atoms with Gasteiger partial charge in [-0.05, 0) is 26.0 Å². The summed E-state index contributed by atoms with van der Waals surface area (Å²) in [4.78, 5) is 23.6. The number of aromatic amines is 1. The molecule has 7 heteroatoms. The van der Waals surface area contributed by atoms with Crippen molar-refractivity contribution in [1.82, 2.24) is 9.78 Å². The molecule has 2 rings (SSSR count). The molecule has 0 spiro atoms. The molecular formula is C15H15ClN2O4. The van der Waals surface area contributed by atoms with Crippen LogP contribution in [0.2, 0.25) is 5.02 Å². The third-order valence-electron chi connectivity index (χ3n) is 2.99. The Bertz CT molecular complexity index is 880. The third kappa shape index (κ3) is 3.07. The number of aliphatic carboxylic acids is 1. The molecule has 0 atom stereocenters. The number of ether oxygens (including phenoxy) is 1. The van der Waals surface area contributed by atoms with E-state index < -0.39 is 11.5 Å². The van der Waals surface area contributed by atoms with E-state index in [-0.39, 0.29) is 10.6 Å². The molecule has 0 fully saturated rings. The van der Waals surface area contributed by atoms with Crippen LogP contribution in [0.5, 0.6) is 0 Å². The molecule has 0 bridgehead atoms. The highest BCUT2D eigenvalue weighted by molar-refractivity contribution is 6.32. The van der Waals surface area contributed by atoms with E-state index in [9.17, 15) is 9.59 Å². The van der Waals surface area contributed by atoms with E-state index in [1.807, 2.05) is 0 Å². The molecule has 6 nitrogen and oxygen atoms in total. The maximum Gasteiger partial charge on any atom is 0.330 e. The predicted octanol–water partition coefficient (Wildman–Crippen LogP) is 0.849. The van der Waals surface area contributed by atoms with Gasteiger partial charge in [-0.3, -0.25) is 9.89 Å². The van der Waals surface area contributed by atoms with Crippen LogP contribution in [-0.4, -0.2) is 27.5 Å². The van der Waals surface area contributed by atoms with Crippen molar-refractivity contribution in [3.8, 4) is 5.69 Å². The standard InChI is InChI=1S/C15H15ClN2O4/c1-3-22-9(2)14-11(8-13(19)20)17-18(15(14)21)12-7-5-4-6-10(12)16/h4-8,17H,3H2,1-2H3,(H,19,20). The lowest BCUT2D eigenvalue weighted by Gasteiger charge is -2.03. The highest BCUT2D eigenvalue weighted by Crippen LogP contribution is 2.16. The van der Waals surface area contributed by atoms with Gasteiger partial charge in [0.2, 0.25) is 0 Å². The molecule has 1 heterocycles. The smallest absolute Gasteiger partial charge is 0.330 e. The molecule has 22 heavy (non-hydrogen) atoms. The third-order valence-corrected chi connectivity index (χ3v) is 3.31. The number of H-pyrrole nitrogens is 1. The average Bonchev–Trinajstić information content (AvgIpc) is 2.75. The number of carbonyl (C=O) groups is 1. The number of nitrogens with zero attached hydrogens (tertiary/aromatic N) is 1. The highest BCUT2D eigenvalue weighted by atomic mass is 35.5. The van der Waals surface area contributed by atoms with Gasteiger partial charge in [0, 0.05) is 6.08 Å². The Hall–Kier alpha value is -2.47. The summed E-state index contributed by atoms with van der Waals surface area (Å²) in [6.45, 7) is 3.77. The average molecular weight is 323 g/mol. The van der Waals surface area contributed by atoms with Crippen LogP contribution >= 0.6 is 11.6 Å². The van der Waals surface area contributed by atoms with Crippen LogP contribution in [0.15, 0.2) is 29.1 Å². The summed E-state index contributed by atoms with van der Waals surface area (Å²) in [5, 5.41) is 12.4. The van der Waals surface area contributed by atoms with Crippen molar-refractivity contribution in [2.45, 2.75) is 13.8 Å². The molecule has 0 unspecified atom stereocenters. The molecule has 0 saturated carbocycles. The Morgan fingerprint density at radius 3 is 2.73 bits per heavy atom. The Morgan fingerprint density at radius 1 is 1.45 bits per heavy atom. The second kappa shape index (κ2) is 6.53. The van der Waals surface area contributed by atoms with Gasteiger partial charge in [-0.15, -0.1) is 0 Å². The summed E-state index contributed by atoms with van der Waals surface area (Å²) in [6.07, 6.45) is 0.923. The first-order valence-corrected chi connectivity index (χ1v) is 6.97. The monoisotopic (exact) mass is 322 g/mol. The topological polar surface area (TPSA) is 84.3 Å². The molecule has 1 aromatic heterocycles. The lowest BCUT2D eigenvalue weighted by atomic mass is 10.3. The van der Waals surface area contributed by atoms with E-state index in [1.54, 1.807) is 38.1 Å². The molecule has 0 amide bonds. The van der Waals surface area contributed by atoms with Gasteiger partial charge in [0.15, 0.2) is 0 Å². The van der Waals surface area contributed by atoms with Gasteiger partial charge in [-0.25, -0.2) is 9.48 Å². The van der Waals surface area contributed by atoms with Crippen LogP contribution in [0, 0.1) is 0 Å². The van der Waals surface area contributed by atoms with Gasteiger partial charge in [-0.1, -0.05) is 23.7 Å². The van der Waals surface area contributed by atoms with Crippen LogP contribution in [0.25, 0.3) is 17.5 Å². The zero-order valence-electron chi connectivity index (χ0n) is 12.1. The fourth-order valence-electron chi connectivity index (χ4n) is 2.11. The minimum atomic E-state index is -1.17. The summed E-state index contributed by atoms with van der Waals surface area (Å²) in [5.41, 5.74) is 0.0105. The molecule has 2 aromatic rings. The Kier molecular flexibility index (Phi) is 4.72. The van der Waals surface area contributed by atoms with Crippen molar-refractivity contribution < 1.29 is 14.6 Å². The molecule has 0 saturated heterocycles. The fraction of sp³-hybridized carbons (Fsp3) is 0.200. The predicted molar refractivity (Wildman–Crippen MR) is 83.5 cm³/mol. The van der Waals surface area contributed by atoms with Gasteiger partial charge >= 0.3 is 5.97 Å². The van der Waals surface area contributed by atoms with Gasteiger partial charge in [0.1, 0.15) is 11.0 Å². The number of nitrogens with one attached hydrogen (secondary N) is 1. The number of halogens is 1. The number of carboxylic acids is 1. The van der Waals surface area contributed by atoms with Gasteiger partial charge in [-0.2, -0.15) is 0 Å². The van der Waals surface area contributed by atoms with Crippen LogP contribution in [0.4, 0.5) is 0 Å². The highest BCUT2D eigenvalue weighted by Gasteiger charge is 2.11. The summed E-state index contributed by atoms with van der Waals surface area (Å²) in [5.74, 6) is -0.819. The maximum absolute atomic E-state index is 12.6. The number of hydrogen-bond donors (Lipinski definition) is 2. The zero-order chi connectivity index (χ0) is 16.3. The number of hydrogen-bond acceptors (Lipinski definition) is 3. The second-order valence-corrected chi connectivity index (χ2v) is 4.87. The second-order valence-electron chi connectivity index (χ2n) is 4.46.